The number of rotatable bonds is 6. The van der Waals surface area contributed by atoms with Gasteiger partial charge in [0, 0.05) is 16.1 Å². The van der Waals surface area contributed by atoms with Gasteiger partial charge in [-0.3, -0.25) is 4.79 Å². The maximum absolute atomic E-state index is 12.4. The molecule has 0 bridgehead atoms. The van der Waals surface area contributed by atoms with Crippen LogP contribution in [-0.2, 0) is 9.32 Å². The summed E-state index contributed by atoms with van der Waals surface area (Å²) in [6.45, 7) is 0. The molecule has 1 amide bonds. The highest BCUT2D eigenvalue weighted by Crippen LogP contribution is 2.35. The van der Waals surface area contributed by atoms with Gasteiger partial charge >= 0.3 is 0 Å². The monoisotopic (exact) mass is 371 g/mol. The number of carbonyl (C=O) groups excluding carboxylic acids is 1. The van der Waals surface area contributed by atoms with E-state index in [1.807, 2.05) is 12.1 Å². The lowest BCUT2D eigenvalue weighted by Crippen LogP contribution is -2.15. The molecule has 1 aromatic heterocycles. The van der Waals surface area contributed by atoms with E-state index in [2.05, 4.69) is 26.3 Å². The number of aromatic nitrogens is 2. The van der Waals surface area contributed by atoms with Crippen molar-refractivity contribution in [2.45, 2.75) is 30.6 Å². The molecule has 134 valence electrons. The Morgan fingerprint density at radius 1 is 1.42 bits per heavy atom. The first-order chi connectivity index (χ1) is 12.7. The van der Waals surface area contributed by atoms with E-state index in [9.17, 15) is 4.79 Å². The van der Waals surface area contributed by atoms with Crippen molar-refractivity contribution in [1.29, 1.82) is 5.26 Å². The first kappa shape index (κ1) is 18.2. The van der Waals surface area contributed by atoms with Gasteiger partial charge in [0.15, 0.2) is 5.82 Å². The number of amides is 1. The Balaban J connectivity index is 1.88. The van der Waals surface area contributed by atoms with Gasteiger partial charge < -0.3 is 10.3 Å². The Morgan fingerprint density at radius 3 is 3.00 bits per heavy atom. The smallest absolute Gasteiger partial charge is 0.291 e. The van der Waals surface area contributed by atoms with Crippen molar-refractivity contribution in [3.63, 3.8) is 0 Å². The first-order valence-corrected chi connectivity index (χ1v) is 8.75. The van der Waals surface area contributed by atoms with Crippen LogP contribution in [0.15, 0.2) is 35.4 Å². The predicted molar refractivity (Wildman–Crippen MR) is 96.4 cm³/mol. The Labute approximate surface area is 154 Å². The molecule has 1 aliphatic carbocycles. The molecule has 0 saturated carbocycles. The van der Waals surface area contributed by atoms with E-state index >= 15 is 0 Å². The summed E-state index contributed by atoms with van der Waals surface area (Å²) < 4.78 is 4.71. The van der Waals surface area contributed by atoms with Crippen molar-refractivity contribution in [3.05, 3.63) is 47.6 Å². The first-order valence-electron chi connectivity index (χ1n) is 8.01. The minimum Gasteiger partial charge on any atom is -0.326 e. The van der Waals surface area contributed by atoms with Gasteiger partial charge in [0.05, 0.1) is 18.2 Å². The van der Waals surface area contributed by atoms with Gasteiger partial charge in [-0.05, 0) is 49.5 Å². The fourth-order valence-electron chi connectivity index (χ4n) is 2.77. The van der Waals surface area contributed by atoms with Crippen LogP contribution in [0.3, 0.4) is 0 Å². The lowest BCUT2D eigenvalue weighted by Gasteiger charge is -2.18. The second-order valence-corrected chi connectivity index (χ2v) is 6.42. The molecule has 0 aliphatic heterocycles. The fourth-order valence-corrected chi connectivity index (χ4v) is 3.17. The van der Waals surface area contributed by atoms with E-state index in [1.165, 1.54) is 11.8 Å². The summed E-state index contributed by atoms with van der Waals surface area (Å²) in [7, 11) is 0. The molecule has 0 spiro atoms. The molecule has 0 radical (unpaired) electrons. The van der Waals surface area contributed by atoms with Crippen molar-refractivity contribution >= 4 is 29.2 Å². The number of H-pyrrole nitrogens is 1. The number of allylic oxidation sites excluding steroid dienone is 2. The standard InChI is InChI=1S/C17H17N5O3S/c18-9-12-10-20-16(21-12)17(23)22-15-7-6-13(26-25-24-19)8-14(15)11-4-2-1-3-5-11/h4,6-8,10H,1-3,5,19H2,(H,20,21)(H,22,23). The number of hydrogen-bond donors (Lipinski definition) is 3. The van der Waals surface area contributed by atoms with Crippen LogP contribution in [0.5, 0.6) is 0 Å². The number of aromatic amines is 1. The molecule has 1 aromatic carbocycles. The SMILES string of the molecule is N#Cc1cnc(C(=O)Nc2ccc(SOON)cc2C2=CCCCC2)[nH]1. The van der Waals surface area contributed by atoms with Gasteiger partial charge in [-0.15, -0.1) is 9.32 Å². The average molecular weight is 371 g/mol. The van der Waals surface area contributed by atoms with Crippen LogP contribution in [-0.4, -0.2) is 15.9 Å². The maximum atomic E-state index is 12.4. The maximum Gasteiger partial charge on any atom is 0.291 e. The van der Waals surface area contributed by atoms with E-state index in [4.69, 9.17) is 15.5 Å². The minimum atomic E-state index is -0.411. The number of carbonyl (C=O) groups is 1. The number of benzene rings is 1. The summed E-state index contributed by atoms with van der Waals surface area (Å²) in [5.74, 6) is 4.56. The fraction of sp³-hybridized carbons (Fsp3) is 0.235. The second kappa shape index (κ2) is 8.64. The molecule has 0 atom stereocenters. The summed E-state index contributed by atoms with van der Waals surface area (Å²) in [6.07, 6.45) is 7.71. The molecule has 1 heterocycles. The van der Waals surface area contributed by atoms with Crippen LogP contribution in [0.4, 0.5) is 5.69 Å². The van der Waals surface area contributed by atoms with Crippen molar-refractivity contribution in [1.82, 2.24) is 9.97 Å². The summed E-state index contributed by atoms with van der Waals surface area (Å²) in [5, 5.41) is 11.7. The van der Waals surface area contributed by atoms with Crippen LogP contribution >= 0.6 is 12.0 Å². The third-order valence-electron chi connectivity index (χ3n) is 3.96. The highest BCUT2D eigenvalue weighted by molar-refractivity contribution is 7.94. The zero-order valence-electron chi connectivity index (χ0n) is 13.8. The predicted octanol–water partition coefficient (Wildman–Crippen LogP) is 3.32. The molecule has 1 aliphatic rings. The summed E-state index contributed by atoms with van der Waals surface area (Å²) in [5.41, 5.74) is 2.97. The van der Waals surface area contributed by atoms with Crippen LogP contribution < -0.4 is 11.2 Å². The van der Waals surface area contributed by atoms with Crippen LogP contribution in [0.25, 0.3) is 5.57 Å². The van der Waals surface area contributed by atoms with Crippen LogP contribution in [0.1, 0.15) is 47.6 Å². The average Bonchev–Trinajstić information content (AvgIpc) is 3.17. The molecule has 9 heteroatoms. The van der Waals surface area contributed by atoms with Crippen molar-refractivity contribution in [3.8, 4) is 6.07 Å². The molecule has 0 unspecified atom stereocenters. The number of nitrogens with two attached hydrogens (primary N) is 1. The van der Waals surface area contributed by atoms with E-state index in [-0.39, 0.29) is 11.5 Å². The Hall–Kier alpha value is -2.64. The highest BCUT2D eigenvalue weighted by Gasteiger charge is 2.16. The minimum absolute atomic E-state index is 0.0865. The number of nitrogens with zero attached hydrogens (tertiary/aromatic N) is 2. The number of nitrogens with one attached hydrogen (secondary N) is 2. The molecular formula is C17H17N5O3S. The van der Waals surface area contributed by atoms with Crippen LogP contribution in [0.2, 0.25) is 0 Å². The lowest BCUT2D eigenvalue weighted by molar-refractivity contribution is -0.195. The van der Waals surface area contributed by atoms with E-state index < -0.39 is 5.91 Å². The van der Waals surface area contributed by atoms with E-state index in [1.54, 1.807) is 12.1 Å². The quantitative estimate of drug-likeness (QED) is 0.404. The Morgan fingerprint density at radius 2 is 2.31 bits per heavy atom. The number of anilines is 1. The highest BCUT2D eigenvalue weighted by atomic mass is 32.2. The zero-order valence-corrected chi connectivity index (χ0v) is 14.6. The van der Waals surface area contributed by atoms with E-state index in [0.717, 1.165) is 48.2 Å². The second-order valence-electron chi connectivity index (χ2n) is 5.64. The van der Waals surface area contributed by atoms with E-state index in [0.29, 0.717) is 5.69 Å². The van der Waals surface area contributed by atoms with Crippen LogP contribution in [0, 0.1) is 11.3 Å². The van der Waals surface area contributed by atoms with Crippen molar-refractivity contribution in [2.24, 2.45) is 5.90 Å². The molecule has 0 fully saturated rings. The van der Waals surface area contributed by atoms with Crippen molar-refractivity contribution < 1.29 is 14.1 Å². The zero-order chi connectivity index (χ0) is 18.4. The number of imidazole rings is 1. The molecule has 4 N–H and O–H groups in total. The number of nitriles is 1. The normalized spacial score (nSPS) is 13.8. The molecule has 2 aromatic rings. The lowest BCUT2D eigenvalue weighted by atomic mass is 9.92. The summed E-state index contributed by atoms with van der Waals surface area (Å²) >= 11 is 0.987. The molecule has 26 heavy (non-hydrogen) atoms. The van der Waals surface area contributed by atoms with Crippen molar-refractivity contribution in [2.75, 3.05) is 5.32 Å². The van der Waals surface area contributed by atoms with Gasteiger partial charge in [-0.1, -0.05) is 6.08 Å². The third-order valence-corrected chi connectivity index (χ3v) is 4.55. The largest absolute Gasteiger partial charge is 0.326 e. The number of hydrogen-bond acceptors (Lipinski definition) is 7. The molecular weight excluding hydrogens is 354 g/mol. The third kappa shape index (κ3) is 4.30. The molecule has 0 saturated heterocycles. The molecule has 8 nitrogen and oxygen atoms in total. The van der Waals surface area contributed by atoms with Gasteiger partial charge in [0.25, 0.3) is 5.91 Å². The van der Waals surface area contributed by atoms with Gasteiger partial charge in [0.1, 0.15) is 11.8 Å². The Kier molecular flexibility index (Phi) is 6.04. The molecule has 3 rings (SSSR count). The summed E-state index contributed by atoms with van der Waals surface area (Å²) in [6, 6.07) is 7.40. The van der Waals surface area contributed by atoms with Gasteiger partial charge in [-0.2, -0.15) is 11.2 Å². The Bertz CT molecular complexity index is 872. The van der Waals surface area contributed by atoms with Gasteiger partial charge in [0.2, 0.25) is 0 Å². The van der Waals surface area contributed by atoms with Gasteiger partial charge in [-0.25, -0.2) is 4.98 Å². The summed E-state index contributed by atoms with van der Waals surface area (Å²) in [4.78, 5) is 24.0. The topological polar surface area (TPSA) is 126 Å².